The van der Waals surface area contributed by atoms with Crippen LogP contribution in [0.3, 0.4) is 0 Å². The van der Waals surface area contributed by atoms with E-state index in [1.165, 1.54) is 0 Å². The molecule has 4 fully saturated rings. The van der Waals surface area contributed by atoms with Gasteiger partial charge in [0.1, 0.15) is 6.04 Å². The Hall–Kier alpha value is -2.96. The molecule has 0 radical (unpaired) electrons. The number of hydrogen-bond donors (Lipinski definition) is 1. The van der Waals surface area contributed by atoms with E-state index in [2.05, 4.69) is 6.07 Å². The molecule has 1 aliphatic carbocycles. The van der Waals surface area contributed by atoms with Crippen LogP contribution in [0.2, 0.25) is 0 Å². The first-order valence-corrected chi connectivity index (χ1v) is 12.1. The summed E-state index contributed by atoms with van der Waals surface area (Å²) >= 11 is 0. The molecule has 1 saturated carbocycles. The maximum absolute atomic E-state index is 13.3. The minimum absolute atomic E-state index is 0.0473. The molecule has 5 rings (SSSR count). The molecule has 1 aromatic carbocycles. The summed E-state index contributed by atoms with van der Waals surface area (Å²) in [4.78, 5) is 45.9. The van der Waals surface area contributed by atoms with Crippen molar-refractivity contribution in [3.05, 3.63) is 35.4 Å². The summed E-state index contributed by atoms with van der Waals surface area (Å²) in [6.07, 6.45) is 2.44. The highest BCUT2D eigenvalue weighted by molar-refractivity contribution is 5.94. The van der Waals surface area contributed by atoms with E-state index in [4.69, 9.17) is 5.73 Å². The lowest BCUT2D eigenvalue weighted by Gasteiger charge is -2.38. The van der Waals surface area contributed by atoms with Crippen molar-refractivity contribution in [2.24, 2.45) is 11.7 Å². The normalized spacial score (nSPS) is 31.3. The van der Waals surface area contributed by atoms with Crippen LogP contribution in [0.4, 0.5) is 0 Å². The van der Waals surface area contributed by atoms with Gasteiger partial charge in [0.05, 0.1) is 24.2 Å². The lowest BCUT2D eigenvalue weighted by molar-refractivity contribution is -0.141. The van der Waals surface area contributed by atoms with Gasteiger partial charge in [-0.15, -0.1) is 0 Å². The molecule has 180 valence electrons. The molecule has 0 aromatic heterocycles. The van der Waals surface area contributed by atoms with Gasteiger partial charge in [-0.05, 0) is 49.8 Å². The van der Waals surface area contributed by atoms with Crippen LogP contribution in [0.1, 0.15) is 48.1 Å². The minimum Gasteiger partial charge on any atom is -0.345 e. The molecule has 9 heteroatoms. The predicted molar refractivity (Wildman–Crippen MR) is 124 cm³/mol. The van der Waals surface area contributed by atoms with E-state index < -0.39 is 6.04 Å². The van der Waals surface area contributed by atoms with Crippen LogP contribution >= 0.6 is 0 Å². The van der Waals surface area contributed by atoms with Crippen molar-refractivity contribution < 1.29 is 14.4 Å². The SMILES string of the molecule is C[C@H](c1cccc(C(=O)N(C)C)c1)N1C(=O)[C@@H]2CC1CN2C[C@H](N)C(=O)N1[C@H](C#N)C[C@@H]2C[C@@H]21. The zero-order valence-electron chi connectivity index (χ0n) is 19.9. The summed E-state index contributed by atoms with van der Waals surface area (Å²) < 4.78 is 0. The number of amides is 3. The van der Waals surface area contributed by atoms with Crippen molar-refractivity contribution in [3.63, 3.8) is 0 Å². The van der Waals surface area contributed by atoms with Gasteiger partial charge in [0, 0.05) is 44.8 Å². The second kappa shape index (κ2) is 8.36. The summed E-state index contributed by atoms with van der Waals surface area (Å²) in [7, 11) is 3.44. The van der Waals surface area contributed by atoms with Gasteiger partial charge in [0.2, 0.25) is 11.8 Å². The molecule has 7 atom stereocenters. The third-order valence-electron chi connectivity index (χ3n) is 8.01. The highest BCUT2D eigenvalue weighted by Gasteiger charge is 2.56. The van der Waals surface area contributed by atoms with E-state index in [9.17, 15) is 19.6 Å². The van der Waals surface area contributed by atoms with Crippen LogP contribution in [0.25, 0.3) is 0 Å². The van der Waals surface area contributed by atoms with E-state index in [1.807, 2.05) is 34.9 Å². The van der Waals surface area contributed by atoms with Crippen LogP contribution in [0.15, 0.2) is 24.3 Å². The summed E-state index contributed by atoms with van der Waals surface area (Å²) in [5.41, 5.74) is 7.84. The Morgan fingerprint density at radius 3 is 2.71 bits per heavy atom. The predicted octanol–water partition coefficient (Wildman–Crippen LogP) is 0.575. The minimum atomic E-state index is -0.734. The summed E-state index contributed by atoms with van der Waals surface area (Å²) in [5, 5.41) is 9.39. The highest BCUT2D eigenvalue weighted by atomic mass is 16.2. The molecule has 0 spiro atoms. The molecule has 1 aromatic rings. The van der Waals surface area contributed by atoms with Gasteiger partial charge in [-0.1, -0.05) is 12.1 Å². The third-order valence-corrected chi connectivity index (χ3v) is 8.01. The van der Waals surface area contributed by atoms with Crippen LogP contribution in [0, 0.1) is 17.2 Å². The number of rotatable bonds is 6. The number of piperidine rings is 1. The maximum Gasteiger partial charge on any atom is 0.253 e. The number of nitrogens with two attached hydrogens (primary N) is 1. The monoisotopic (exact) mass is 464 g/mol. The van der Waals surface area contributed by atoms with Gasteiger partial charge in [-0.2, -0.15) is 5.26 Å². The maximum atomic E-state index is 13.3. The molecule has 4 aliphatic rings. The zero-order chi connectivity index (χ0) is 24.3. The molecule has 2 bridgehead atoms. The Labute approximate surface area is 200 Å². The molecule has 9 nitrogen and oxygen atoms in total. The van der Waals surface area contributed by atoms with Gasteiger partial charge in [0.15, 0.2) is 0 Å². The molecule has 2 N–H and O–H groups in total. The van der Waals surface area contributed by atoms with Crippen molar-refractivity contribution in [1.29, 1.82) is 5.26 Å². The van der Waals surface area contributed by atoms with Gasteiger partial charge in [0.25, 0.3) is 5.91 Å². The summed E-state index contributed by atoms with van der Waals surface area (Å²) in [6, 6.07) is 8.39. The van der Waals surface area contributed by atoms with Gasteiger partial charge in [-0.25, -0.2) is 0 Å². The lowest BCUT2D eigenvalue weighted by Crippen LogP contribution is -2.57. The number of benzene rings is 1. The first kappa shape index (κ1) is 22.8. The Bertz CT molecular complexity index is 1070. The van der Waals surface area contributed by atoms with E-state index in [-0.39, 0.29) is 47.9 Å². The Balaban J connectivity index is 1.24. The highest BCUT2D eigenvalue weighted by Crippen LogP contribution is 2.48. The average molecular weight is 465 g/mol. The Morgan fingerprint density at radius 1 is 1.26 bits per heavy atom. The van der Waals surface area contributed by atoms with Gasteiger partial charge in [-0.3, -0.25) is 19.3 Å². The van der Waals surface area contributed by atoms with Crippen LogP contribution < -0.4 is 5.73 Å². The van der Waals surface area contributed by atoms with Crippen molar-refractivity contribution in [3.8, 4) is 6.07 Å². The number of carbonyl (C=O) groups is 3. The fraction of sp³-hybridized carbons (Fsp3) is 0.600. The number of hydrogen-bond acceptors (Lipinski definition) is 6. The first-order chi connectivity index (χ1) is 16.2. The van der Waals surface area contributed by atoms with Gasteiger partial charge >= 0.3 is 0 Å². The Morgan fingerprint density at radius 2 is 2.03 bits per heavy atom. The number of nitriles is 1. The van der Waals surface area contributed by atoms with E-state index >= 15 is 0 Å². The van der Waals surface area contributed by atoms with Crippen LogP contribution in [0.5, 0.6) is 0 Å². The van der Waals surface area contributed by atoms with Crippen LogP contribution in [-0.2, 0) is 9.59 Å². The second-order valence-corrected chi connectivity index (χ2v) is 10.4. The molecule has 3 aliphatic heterocycles. The van der Waals surface area contributed by atoms with E-state index in [0.717, 1.165) is 24.8 Å². The fourth-order valence-electron chi connectivity index (χ4n) is 6.16. The largest absolute Gasteiger partial charge is 0.345 e. The average Bonchev–Trinajstić information content (AvgIpc) is 3.15. The van der Waals surface area contributed by atoms with Crippen molar-refractivity contribution >= 4 is 17.7 Å². The molecule has 3 amide bonds. The third kappa shape index (κ3) is 3.65. The van der Waals surface area contributed by atoms with Crippen molar-refractivity contribution in [2.45, 2.75) is 62.4 Å². The number of piperazine rings is 1. The summed E-state index contributed by atoms with van der Waals surface area (Å²) in [6.45, 7) is 3.00. The number of likely N-dealkylation sites (tertiary alicyclic amines) is 3. The first-order valence-electron chi connectivity index (χ1n) is 12.1. The zero-order valence-corrected chi connectivity index (χ0v) is 19.9. The van der Waals surface area contributed by atoms with E-state index in [1.54, 1.807) is 30.0 Å². The molecule has 1 unspecified atom stereocenters. The van der Waals surface area contributed by atoms with Crippen LogP contribution in [-0.4, -0.2) is 94.7 Å². The standard InChI is InChI=1S/C25H32N6O3/c1-14(15-5-4-6-16(7-15)23(32)28(2)3)30-19-10-22(25(30)34)29(12-19)13-20(27)24(33)31-18(11-26)8-17-9-21(17)31/h4-7,14,17-22H,8-10,12-13,27H2,1-3H3/t14-,17-,18+,19?,20+,21+,22+/m1/s1. The number of fused-ring (bicyclic) bond motifs is 3. The number of carbonyl (C=O) groups excluding carboxylic acids is 3. The Kier molecular flexibility index (Phi) is 5.61. The number of nitrogens with zero attached hydrogens (tertiary/aromatic N) is 5. The lowest BCUT2D eigenvalue weighted by atomic mass is 10.0. The molecular weight excluding hydrogens is 432 g/mol. The molecule has 34 heavy (non-hydrogen) atoms. The molecule has 3 saturated heterocycles. The second-order valence-electron chi connectivity index (χ2n) is 10.4. The topological polar surface area (TPSA) is 114 Å². The molecular formula is C25H32N6O3. The van der Waals surface area contributed by atoms with E-state index in [0.29, 0.717) is 24.6 Å². The summed E-state index contributed by atoms with van der Waals surface area (Å²) in [5.74, 6) is 0.263. The van der Waals surface area contributed by atoms with Gasteiger partial charge < -0.3 is 20.4 Å². The quantitative estimate of drug-likeness (QED) is 0.659. The van der Waals surface area contributed by atoms with Crippen molar-refractivity contribution in [1.82, 2.24) is 19.6 Å². The molecule has 3 heterocycles. The smallest absolute Gasteiger partial charge is 0.253 e. The fourth-order valence-corrected chi connectivity index (χ4v) is 6.16. The van der Waals surface area contributed by atoms with Crippen molar-refractivity contribution in [2.75, 3.05) is 27.2 Å².